The lowest BCUT2D eigenvalue weighted by atomic mass is 9.95. The molecule has 1 atom stereocenters. The van der Waals surface area contributed by atoms with Crippen molar-refractivity contribution in [1.82, 2.24) is 4.90 Å². The molecule has 0 aromatic heterocycles. The number of hydrogen-bond donors (Lipinski definition) is 0. The van der Waals surface area contributed by atoms with E-state index in [1.807, 2.05) is 19.1 Å². The Balaban J connectivity index is 2.27. The van der Waals surface area contributed by atoms with Crippen molar-refractivity contribution in [3.05, 3.63) is 23.8 Å². The van der Waals surface area contributed by atoms with Gasteiger partial charge >= 0.3 is 5.97 Å². The summed E-state index contributed by atoms with van der Waals surface area (Å²) in [5.74, 6) is 1.23. The molecule has 4 nitrogen and oxygen atoms in total. The van der Waals surface area contributed by atoms with Crippen LogP contribution in [0.2, 0.25) is 0 Å². The van der Waals surface area contributed by atoms with Crippen molar-refractivity contribution >= 4 is 5.97 Å². The Kier molecular flexibility index (Phi) is 20.1. The number of likely N-dealkylation sites (tertiary alicyclic amines) is 1. The molecule has 0 bridgehead atoms. The molecule has 1 heterocycles. The monoisotopic (exact) mass is 491 g/mol. The molecule has 0 spiro atoms. The second-order valence-electron chi connectivity index (χ2n) is 10.8. The smallest absolute Gasteiger partial charge is 0.305 e. The molecule has 35 heavy (non-hydrogen) atoms. The van der Waals surface area contributed by atoms with Crippen LogP contribution in [0, 0.1) is 11.8 Å². The first kappa shape index (κ1) is 31.9. The van der Waals surface area contributed by atoms with E-state index < -0.39 is 0 Å². The summed E-state index contributed by atoms with van der Waals surface area (Å²) in [6, 6.07) is 0. The van der Waals surface area contributed by atoms with Gasteiger partial charge in [-0.2, -0.15) is 0 Å². The van der Waals surface area contributed by atoms with Gasteiger partial charge in [-0.05, 0) is 77.9 Å². The molecular weight excluding hydrogens is 434 g/mol. The van der Waals surface area contributed by atoms with Gasteiger partial charge in [0.15, 0.2) is 0 Å². The first-order valence-electron chi connectivity index (χ1n) is 14.8. The van der Waals surface area contributed by atoms with Crippen LogP contribution in [0.3, 0.4) is 0 Å². The molecule has 1 aliphatic heterocycles. The fourth-order valence-electron chi connectivity index (χ4n) is 4.78. The van der Waals surface area contributed by atoms with Crippen molar-refractivity contribution in [2.24, 2.45) is 11.8 Å². The number of unbranched alkanes of at least 4 members (excludes halogenated alkanes) is 7. The fourth-order valence-corrected chi connectivity index (χ4v) is 4.78. The lowest BCUT2D eigenvalue weighted by Crippen LogP contribution is -2.32. The largest absolute Gasteiger partial charge is 0.465 e. The maximum Gasteiger partial charge on any atom is 0.305 e. The predicted octanol–water partition coefficient (Wildman–Crippen LogP) is 8.12. The molecule has 0 radical (unpaired) electrons. The van der Waals surface area contributed by atoms with E-state index >= 15 is 0 Å². The van der Waals surface area contributed by atoms with Crippen LogP contribution in [0.25, 0.3) is 0 Å². The minimum atomic E-state index is -0.0538. The standard InChI is InChI=1S/C31H57NO3/c1-5-7-9-10-11-12-13-14-17-29(26-34-27-30-20-23-32(4)24-21-30)18-15-19-31(33)35-25-22-28(3)16-8-6-2/h6,8,16,29-30H,5,7,9-15,17-27H2,1-4H3/b8-6-,28-16+. The number of hydrogen-bond acceptors (Lipinski definition) is 4. The Bertz CT molecular complexity index is 564. The Morgan fingerprint density at radius 2 is 1.63 bits per heavy atom. The average molecular weight is 492 g/mol. The highest BCUT2D eigenvalue weighted by Crippen LogP contribution is 2.21. The SMILES string of the molecule is C/C=C\C=C(/C)CCOC(=O)CCCC(CCCCCCCCCC)COCC1CCN(C)CC1. The molecule has 0 N–H and O–H groups in total. The van der Waals surface area contributed by atoms with Gasteiger partial charge in [0.2, 0.25) is 0 Å². The van der Waals surface area contributed by atoms with E-state index in [-0.39, 0.29) is 5.97 Å². The van der Waals surface area contributed by atoms with Gasteiger partial charge in [-0.25, -0.2) is 0 Å². The van der Waals surface area contributed by atoms with Gasteiger partial charge in [-0.1, -0.05) is 82.1 Å². The summed E-state index contributed by atoms with van der Waals surface area (Å²) >= 11 is 0. The number of ether oxygens (including phenoxy) is 2. The topological polar surface area (TPSA) is 38.8 Å². The summed E-state index contributed by atoms with van der Waals surface area (Å²) in [6.07, 6.45) is 24.0. The van der Waals surface area contributed by atoms with Gasteiger partial charge in [0.25, 0.3) is 0 Å². The molecule has 0 aromatic carbocycles. The molecule has 204 valence electrons. The number of nitrogens with zero attached hydrogens (tertiary/aromatic N) is 1. The molecule has 0 aromatic rings. The predicted molar refractivity (Wildman–Crippen MR) is 150 cm³/mol. The fraction of sp³-hybridized carbons (Fsp3) is 0.839. The summed E-state index contributed by atoms with van der Waals surface area (Å²) in [7, 11) is 2.21. The zero-order valence-corrected chi connectivity index (χ0v) is 23.7. The number of piperidine rings is 1. The zero-order chi connectivity index (χ0) is 25.6. The second-order valence-corrected chi connectivity index (χ2v) is 10.8. The number of rotatable bonds is 21. The maximum atomic E-state index is 12.2. The Hall–Kier alpha value is -1.13. The van der Waals surface area contributed by atoms with E-state index in [0.29, 0.717) is 18.9 Å². The van der Waals surface area contributed by atoms with E-state index in [2.05, 4.69) is 31.9 Å². The van der Waals surface area contributed by atoms with E-state index in [9.17, 15) is 4.79 Å². The third-order valence-corrected chi connectivity index (χ3v) is 7.34. The Labute approximate surface area is 217 Å². The van der Waals surface area contributed by atoms with Crippen LogP contribution in [-0.2, 0) is 14.3 Å². The normalized spacial score (nSPS) is 16.7. The Morgan fingerprint density at radius 3 is 2.31 bits per heavy atom. The van der Waals surface area contributed by atoms with E-state index in [4.69, 9.17) is 9.47 Å². The highest BCUT2D eigenvalue weighted by Gasteiger charge is 2.18. The van der Waals surface area contributed by atoms with Crippen molar-refractivity contribution in [3.8, 4) is 0 Å². The van der Waals surface area contributed by atoms with E-state index in [1.54, 1.807) is 0 Å². The molecular formula is C31H57NO3. The van der Waals surface area contributed by atoms with Gasteiger partial charge in [0.1, 0.15) is 0 Å². The first-order chi connectivity index (χ1) is 17.0. The minimum Gasteiger partial charge on any atom is -0.465 e. The van der Waals surface area contributed by atoms with Crippen molar-refractivity contribution in [2.75, 3.05) is 40.0 Å². The van der Waals surface area contributed by atoms with Crippen molar-refractivity contribution in [3.63, 3.8) is 0 Å². The maximum absolute atomic E-state index is 12.2. The summed E-state index contributed by atoms with van der Waals surface area (Å²) in [5.41, 5.74) is 1.24. The molecule has 1 rings (SSSR count). The summed E-state index contributed by atoms with van der Waals surface area (Å²) in [5, 5.41) is 0. The van der Waals surface area contributed by atoms with Crippen molar-refractivity contribution in [1.29, 1.82) is 0 Å². The summed E-state index contributed by atoms with van der Waals surface area (Å²) in [6.45, 7) is 11.0. The van der Waals surface area contributed by atoms with Crippen LogP contribution in [0.5, 0.6) is 0 Å². The second kappa shape index (κ2) is 22.1. The van der Waals surface area contributed by atoms with Gasteiger partial charge in [0, 0.05) is 26.1 Å². The number of esters is 1. The summed E-state index contributed by atoms with van der Waals surface area (Å²) < 4.78 is 11.7. The van der Waals surface area contributed by atoms with Gasteiger partial charge in [-0.15, -0.1) is 0 Å². The van der Waals surface area contributed by atoms with Crippen LogP contribution in [0.1, 0.15) is 117 Å². The highest BCUT2D eigenvalue weighted by atomic mass is 16.5. The van der Waals surface area contributed by atoms with Gasteiger partial charge in [0.05, 0.1) is 6.61 Å². The van der Waals surface area contributed by atoms with Crippen molar-refractivity contribution < 1.29 is 14.3 Å². The van der Waals surface area contributed by atoms with Crippen LogP contribution < -0.4 is 0 Å². The molecule has 0 aliphatic carbocycles. The van der Waals surface area contributed by atoms with Gasteiger partial charge < -0.3 is 14.4 Å². The first-order valence-corrected chi connectivity index (χ1v) is 14.8. The van der Waals surface area contributed by atoms with E-state index in [0.717, 1.165) is 38.4 Å². The van der Waals surface area contributed by atoms with Crippen LogP contribution in [0.4, 0.5) is 0 Å². The number of carbonyl (C=O) groups is 1. The lowest BCUT2D eigenvalue weighted by molar-refractivity contribution is -0.143. The zero-order valence-electron chi connectivity index (χ0n) is 23.7. The third-order valence-electron chi connectivity index (χ3n) is 7.34. The molecule has 4 heteroatoms. The average Bonchev–Trinajstić information content (AvgIpc) is 2.85. The van der Waals surface area contributed by atoms with Crippen LogP contribution >= 0.6 is 0 Å². The molecule has 0 amide bonds. The summed E-state index contributed by atoms with van der Waals surface area (Å²) in [4.78, 5) is 14.6. The molecule has 1 saturated heterocycles. The molecule has 1 unspecified atom stereocenters. The molecule has 0 saturated carbocycles. The van der Waals surface area contributed by atoms with Gasteiger partial charge in [-0.3, -0.25) is 4.79 Å². The molecule has 1 fully saturated rings. The highest BCUT2D eigenvalue weighted by molar-refractivity contribution is 5.69. The molecule has 1 aliphatic rings. The van der Waals surface area contributed by atoms with E-state index in [1.165, 1.54) is 89.3 Å². The lowest BCUT2D eigenvalue weighted by Gasteiger charge is -2.29. The van der Waals surface area contributed by atoms with Crippen LogP contribution in [-0.4, -0.2) is 50.8 Å². The number of allylic oxidation sites excluding steroid dienone is 3. The van der Waals surface area contributed by atoms with Crippen molar-refractivity contribution in [2.45, 2.75) is 117 Å². The minimum absolute atomic E-state index is 0.0538. The van der Waals surface area contributed by atoms with Crippen LogP contribution in [0.15, 0.2) is 23.8 Å². The third kappa shape index (κ3) is 18.8. The number of carbonyl (C=O) groups excluding carboxylic acids is 1. The quantitative estimate of drug-likeness (QED) is 0.0923. The Morgan fingerprint density at radius 1 is 0.971 bits per heavy atom.